The van der Waals surface area contributed by atoms with Crippen LogP contribution in [-0.4, -0.2) is 81.6 Å². The molecule has 17 heteroatoms. The minimum atomic E-state index is -4.99. The van der Waals surface area contributed by atoms with Crippen molar-refractivity contribution < 1.29 is 46.8 Å². The Hall–Kier alpha value is -3.31. The number of hydrogen-bond donors (Lipinski definition) is 4. The highest BCUT2D eigenvalue weighted by molar-refractivity contribution is 7.84. The van der Waals surface area contributed by atoms with E-state index in [-0.39, 0.29) is 15.1 Å². The predicted octanol–water partition coefficient (Wildman–Crippen LogP) is -2.02. The van der Waals surface area contributed by atoms with Crippen LogP contribution in [0.3, 0.4) is 0 Å². The van der Waals surface area contributed by atoms with E-state index in [2.05, 4.69) is 20.2 Å². The number of amides is 2. The SMILES string of the molecule is CC(=O)OC[C@H]1[C@@H](NC(=O)C(=NOC(C)C(=O)O)c2csc(N)n2)C(=O)N1S(=O)(=O)O. The van der Waals surface area contributed by atoms with Crippen molar-refractivity contribution in [3.8, 4) is 0 Å². The zero-order valence-corrected chi connectivity index (χ0v) is 17.5. The Labute approximate surface area is 178 Å². The van der Waals surface area contributed by atoms with Crippen LogP contribution in [0.4, 0.5) is 5.13 Å². The minimum absolute atomic E-state index is 0.0432. The maximum atomic E-state index is 12.7. The average Bonchev–Trinajstić information content (AvgIpc) is 3.07. The summed E-state index contributed by atoms with van der Waals surface area (Å²) in [5.41, 5.74) is 4.86. The Bertz CT molecular complexity index is 1040. The lowest BCUT2D eigenvalue weighted by Gasteiger charge is -2.43. The Morgan fingerprint density at radius 1 is 1.45 bits per heavy atom. The summed E-state index contributed by atoms with van der Waals surface area (Å²) in [6, 6.07) is -2.96. The van der Waals surface area contributed by atoms with Gasteiger partial charge in [0.15, 0.2) is 10.8 Å². The smallest absolute Gasteiger partial charge is 0.362 e. The lowest BCUT2D eigenvalue weighted by molar-refractivity contribution is -0.154. The molecule has 2 heterocycles. The average molecular weight is 479 g/mol. The third-order valence-electron chi connectivity index (χ3n) is 3.79. The van der Waals surface area contributed by atoms with Crippen molar-refractivity contribution in [2.75, 3.05) is 12.3 Å². The fraction of sp³-hybridized carbons (Fsp3) is 0.429. The molecule has 0 saturated carbocycles. The molecule has 0 bridgehead atoms. The second-order valence-electron chi connectivity index (χ2n) is 6.03. The lowest BCUT2D eigenvalue weighted by atomic mass is 9.99. The predicted molar refractivity (Wildman–Crippen MR) is 102 cm³/mol. The Balaban J connectivity index is 2.28. The molecule has 15 nitrogen and oxygen atoms in total. The van der Waals surface area contributed by atoms with Gasteiger partial charge in [0.2, 0.25) is 6.10 Å². The first-order chi connectivity index (χ1) is 14.3. The van der Waals surface area contributed by atoms with E-state index in [0.717, 1.165) is 25.2 Å². The molecule has 1 aromatic rings. The third-order valence-corrected chi connectivity index (χ3v) is 5.41. The molecule has 31 heavy (non-hydrogen) atoms. The number of aliphatic carboxylic acids is 1. The van der Waals surface area contributed by atoms with Crippen LogP contribution in [0.25, 0.3) is 0 Å². The first kappa shape index (κ1) is 24.0. The van der Waals surface area contributed by atoms with E-state index in [4.69, 9.17) is 15.7 Å². The molecule has 1 fully saturated rings. The number of ether oxygens (including phenoxy) is 1. The van der Waals surface area contributed by atoms with Crippen LogP contribution in [0.1, 0.15) is 19.5 Å². The molecule has 2 rings (SSSR count). The number of oxime groups is 1. The summed E-state index contributed by atoms with van der Waals surface area (Å²) in [7, 11) is -4.99. The number of carboxylic acids is 1. The van der Waals surface area contributed by atoms with Crippen LogP contribution >= 0.6 is 11.3 Å². The normalized spacial score (nSPS) is 19.9. The quantitative estimate of drug-likeness (QED) is 0.0989. The maximum Gasteiger partial charge on any atom is 0.362 e. The molecule has 1 saturated heterocycles. The van der Waals surface area contributed by atoms with Crippen molar-refractivity contribution in [3.63, 3.8) is 0 Å². The highest BCUT2D eigenvalue weighted by Gasteiger charge is 2.54. The number of β-lactam (4-membered cyclic amide) rings is 1. The highest BCUT2D eigenvalue weighted by Crippen LogP contribution is 2.24. The van der Waals surface area contributed by atoms with Gasteiger partial charge in [-0.05, 0) is 6.92 Å². The molecule has 0 radical (unpaired) electrons. The molecule has 5 N–H and O–H groups in total. The van der Waals surface area contributed by atoms with E-state index in [9.17, 15) is 32.1 Å². The van der Waals surface area contributed by atoms with Crippen molar-refractivity contribution >= 4 is 56.2 Å². The van der Waals surface area contributed by atoms with Gasteiger partial charge in [-0.15, -0.1) is 11.3 Å². The molecule has 0 aliphatic carbocycles. The van der Waals surface area contributed by atoms with Gasteiger partial charge in [-0.2, -0.15) is 8.42 Å². The van der Waals surface area contributed by atoms with Crippen molar-refractivity contribution in [1.29, 1.82) is 0 Å². The van der Waals surface area contributed by atoms with Crippen LogP contribution < -0.4 is 11.1 Å². The number of carboxylic acid groups (broad SMARTS) is 1. The van der Waals surface area contributed by atoms with Gasteiger partial charge in [-0.25, -0.2) is 14.1 Å². The molecule has 1 unspecified atom stereocenters. The van der Waals surface area contributed by atoms with E-state index in [1.807, 2.05) is 0 Å². The Morgan fingerprint density at radius 3 is 2.58 bits per heavy atom. The molecule has 1 aromatic heterocycles. The lowest BCUT2D eigenvalue weighted by Crippen LogP contribution is -2.73. The van der Waals surface area contributed by atoms with Crippen molar-refractivity contribution in [2.45, 2.75) is 32.0 Å². The maximum absolute atomic E-state index is 12.7. The largest absolute Gasteiger partial charge is 0.478 e. The fourth-order valence-corrected chi connectivity index (χ4v) is 3.73. The Kier molecular flexibility index (Phi) is 7.13. The molecule has 1 aliphatic rings. The van der Waals surface area contributed by atoms with Crippen LogP contribution in [0.5, 0.6) is 0 Å². The molecule has 0 spiro atoms. The zero-order chi connectivity index (χ0) is 23.5. The van der Waals surface area contributed by atoms with Crippen molar-refractivity contribution in [2.24, 2.45) is 5.16 Å². The number of aromatic nitrogens is 1. The van der Waals surface area contributed by atoms with Crippen molar-refractivity contribution in [3.05, 3.63) is 11.1 Å². The van der Waals surface area contributed by atoms with Gasteiger partial charge in [0.25, 0.3) is 11.8 Å². The van der Waals surface area contributed by atoms with E-state index in [1.54, 1.807) is 0 Å². The number of nitrogen functional groups attached to an aromatic ring is 1. The number of esters is 1. The summed E-state index contributed by atoms with van der Waals surface area (Å²) in [6.45, 7) is 1.53. The van der Waals surface area contributed by atoms with Crippen LogP contribution in [-0.2, 0) is 39.1 Å². The second-order valence-corrected chi connectivity index (χ2v) is 8.21. The number of rotatable bonds is 9. The molecular weight excluding hydrogens is 462 g/mol. The van der Waals surface area contributed by atoms with Crippen LogP contribution in [0.15, 0.2) is 10.5 Å². The van der Waals surface area contributed by atoms with Crippen LogP contribution in [0.2, 0.25) is 0 Å². The summed E-state index contributed by atoms with van der Waals surface area (Å²) in [6.07, 6.45) is -1.43. The topological polar surface area (TPSA) is 228 Å². The van der Waals surface area contributed by atoms with E-state index in [1.165, 1.54) is 5.38 Å². The van der Waals surface area contributed by atoms with Gasteiger partial charge < -0.3 is 25.7 Å². The number of thiazole rings is 1. The van der Waals surface area contributed by atoms with Gasteiger partial charge in [0.1, 0.15) is 24.4 Å². The molecule has 3 atom stereocenters. The highest BCUT2D eigenvalue weighted by atomic mass is 32.2. The van der Waals surface area contributed by atoms with Gasteiger partial charge in [0.05, 0.1) is 0 Å². The Morgan fingerprint density at radius 2 is 2.10 bits per heavy atom. The number of carbonyl (C=O) groups excluding carboxylic acids is 3. The number of carbonyl (C=O) groups is 4. The number of nitrogens with two attached hydrogens (primary N) is 1. The van der Waals surface area contributed by atoms with Gasteiger partial charge in [0, 0.05) is 12.3 Å². The fourth-order valence-electron chi connectivity index (χ4n) is 2.32. The first-order valence-electron chi connectivity index (χ1n) is 8.25. The molecule has 0 aromatic carbocycles. The summed E-state index contributed by atoms with van der Waals surface area (Å²) < 4.78 is 36.7. The number of hydrogen-bond acceptors (Lipinski definition) is 12. The first-order valence-corrected chi connectivity index (χ1v) is 10.5. The zero-order valence-electron chi connectivity index (χ0n) is 15.9. The van der Waals surface area contributed by atoms with E-state index >= 15 is 0 Å². The number of nitrogens with zero attached hydrogens (tertiary/aromatic N) is 3. The van der Waals surface area contributed by atoms with Gasteiger partial charge in [-0.1, -0.05) is 5.16 Å². The molecular formula is C14H17N5O10S2. The number of anilines is 1. The third kappa shape index (κ3) is 5.64. The van der Waals surface area contributed by atoms with Crippen molar-refractivity contribution in [1.82, 2.24) is 14.6 Å². The molecule has 170 valence electrons. The summed E-state index contributed by atoms with van der Waals surface area (Å²) in [5.74, 6) is -4.47. The molecule has 2 amide bonds. The van der Waals surface area contributed by atoms with E-state index in [0.29, 0.717) is 0 Å². The standard InChI is InChI=1S/C14H17N5O10S2/c1-5(13(23)24)29-18-9(7-4-30-14(15)16-7)11(21)17-10-8(3-28-6(2)20)19(12(10)22)31(25,26)27/h4-5,8,10H,3H2,1-2H3,(H2,15,16)(H,17,21)(H,23,24)(H,25,26,27)/t5?,8-,10+/m0/s1. The van der Waals surface area contributed by atoms with Gasteiger partial charge >= 0.3 is 22.2 Å². The summed E-state index contributed by atoms with van der Waals surface area (Å²) in [5, 5.41) is 15.9. The second kappa shape index (κ2) is 9.23. The van der Waals surface area contributed by atoms with Gasteiger partial charge in [-0.3, -0.25) is 18.9 Å². The van der Waals surface area contributed by atoms with E-state index < -0.39 is 64.6 Å². The summed E-state index contributed by atoms with van der Waals surface area (Å²) in [4.78, 5) is 55.4. The molecule has 1 aliphatic heterocycles. The monoisotopic (exact) mass is 479 g/mol. The summed E-state index contributed by atoms with van der Waals surface area (Å²) >= 11 is 0.934. The minimum Gasteiger partial charge on any atom is -0.478 e. The number of nitrogens with one attached hydrogen (secondary N) is 1. The van der Waals surface area contributed by atoms with Crippen LogP contribution in [0, 0.1) is 0 Å².